The third kappa shape index (κ3) is 3.50. The molecule has 28 heavy (non-hydrogen) atoms. The number of aromatic hydroxyl groups is 3. The summed E-state index contributed by atoms with van der Waals surface area (Å²) in [7, 11) is 1.50. The molecule has 3 aromatic rings. The Hall–Kier alpha value is -3.14. The Morgan fingerprint density at radius 3 is 1.68 bits per heavy atom. The normalized spacial score (nSPS) is 11.1. The number of ether oxygens (including phenoxy) is 1. The van der Waals surface area contributed by atoms with Gasteiger partial charge >= 0.3 is 0 Å². The van der Waals surface area contributed by atoms with E-state index in [1.165, 1.54) is 7.11 Å². The molecular weight excluding hydrogens is 352 g/mol. The van der Waals surface area contributed by atoms with Gasteiger partial charge in [-0.2, -0.15) is 0 Å². The standard InChI is InChI=1S/C24H26O4/c1-13-8-15(3)23(26)18(10-13)22(17-6-7-20(25)21(12-17)28-5)19-11-14(2)9-16(4)24(19)27/h6-12,22,25-27H,1-5H3. The molecule has 146 valence electrons. The largest absolute Gasteiger partial charge is 0.507 e. The first-order valence-corrected chi connectivity index (χ1v) is 9.20. The first-order valence-electron chi connectivity index (χ1n) is 9.20. The van der Waals surface area contributed by atoms with E-state index < -0.39 is 5.92 Å². The highest BCUT2D eigenvalue weighted by atomic mass is 16.5. The molecule has 4 nitrogen and oxygen atoms in total. The molecule has 0 heterocycles. The Kier molecular flexibility index (Phi) is 5.23. The highest BCUT2D eigenvalue weighted by molar-refractivity contribution is 5.59. The molecule has 0 spiro atoms. The number of hydrogen-bond acceptors (Lipinski definition) is 4. The molecule has 0 atom stereocenters. The summed E-state index contributed by atoms with van der Waals surface area (Å²) < 4.78 is 5.29. The van der Waals surface area contributed by atoms with Crippen molar-refractivity contribution in [3.63, 3.8) is 0 Å². The van der Waals surface area contributed by atoms with Crippen LogP contribution in [0.25, 0.3) is 0 Å². The molecule has 3 aromatic carbocycles. The maximum atomic E-state index is 10.9. The van der Waals surface area contributed by atoms with Crippen LogP contribution >= 0.6 is 0 Å². The van der Waals surface area contributed by atoms with Gasteiger partial charge in [-0.05, 0) is 56.5 Å². The molecule has 0 aliphatic heterocycles. The second kappa shape index (κ2) is 7.47. The Labute approximate surface area is 165 Å². The molecule has 3 rings (SSSR count). The van der Waals surface area contributed by atoms with Gasteiger partial charge in [-0.25, -0.2) is 0 Å². The number of rotatable bonds is 4. The fourth-order valence-corrected chi connectivity index (χ4v) is 3.83. The Balaban J connectivity index is 2.36. The third-order valence-electron chi connectivity index (χ3n) is 5.11. The van der Waals surface area contributed by atoms with Crippen LogP contribution in [-0.2, 0) is 0 Å². The van der Waals surface area contributed by atoms with Crippen molar-refractivity contribution in [2.45, 2.75) is 33.6 Å². The smallest absolute Gasteiger partial charge is 0.160 e. The van der Waals surface area contributed by atoms with Crippen molar-refractivity contribution < 1.29 is 20.1 Å². The summed E-state index contributed by atoms with van der Waals surface area (Å²) in [4.78, 5) is 0. The first-order chi connectivity index (χ1) is 13.2. The van der Waals surface area contributed by atoms with Crippen molar-refractivity contribution >= 4 is 0 Å². The SMILES string of the molecule is COc1cc(C(c2cc(C)cc(C)c2O)c2cc(C)cc(C)c2O)ccc1O. The van der Waals surface area contributed by atoms with E-state index in [9.17, 15) is 15.3 Å². The molecule has 0 amide bonds. The zero-order valence-corrected chi connectivity index (χ0v) is 16.9. The van der Waals surface area contributed by atoms with E-state index in [4.69, 9.17) is 4.74 Å². The molecule has 0 unspecified atom stereocenters. The van der Waals surface area contributed by atoms with Crippen molar-refractivity contribution in [1.82, 2.24) is 0 Å². The lowest BCUT2D eigenvalue weighted by Crippen LogP contribution is -2.07. The summed E-state index contributed by atoms with van der Waals surface area (Å²) in [5, 5.41) is 31.7. The lowest BCUT2D eigenvalue weighted by Gasteiger charge is -2.24. The van der Waals surface area contributed by atoms with E-state index in [1.807, 2.05) is 52.0 Å². The van der Waals surface area contributed by atoms with E-state index in [-0.39, 0.29) is 17.2 Å². The minimum Gasteiger partial charge on any atom is -0.507 e. The van der Waals surface area contributed by atoms with Crippen molar-refractivity contribution in [3.05, 3.63) is 81.4 Å². The van der Waals surface area contributed by atoms with Crippen LogP contribution in [-0.4, -0.2) is 22.4 Å². The predicted octanol–water partition coefficient (Wildman–Crippen LogP) is 5.23. The minimum absolute atomic E-state index is 0.0410. The molecule has 0 saturated heterocycles. The third-order valence-corrected chi connectivity index (χ3v) is 5.11. The number of hydrogen-bond donors (Lipinski definition) is 3. The zero-order valence-electron chi connectivity index (χ0n) is 16.9. The molecule has 3 N–H and O–H groups in total. The van der Waals surface area contributed by atoms with Crippen LogP contribution in [0, 0.1) is 27.7 Å². The number of methoxy groups -OCH3 is 1. The molecule has 0 fully saturated rings. The van der Waals surface area contributed by atoms with Gasteiger partial charge in [0, 0.05) is 17.0 Å². The van der Waals surface area contributed by atoms with Crippen molar-refractivity contribution in [3.8, 4) is 23.0 Å². The van der Waals surface area contributed by atoms with Crippen molar-refractivity contribution in [2.24, 2.45) is 0 Å². The maximum absolute atomic E-state index is 10.9. The van der Waals surface area contributed by atoms with Gasteiger partial charge in [-0.15, -0.1) is 0 Å². The van der Waals surface area contributed by atoms with Crippen LogP contribution in [0.4, 0.5) is 0 Å². The fraction of sp³-hybridized carbons (Fsp3) is 0.250. The average molecular weight is 378 g/mol. The van der Waals surface area contributed by atoms with Crippen molar-refractivity contribution in [2.75, 3.05) is 7.11 Å². The highest BCUT2D eigenvalue weighted by Gasteiger charge is 2.26. The predicted molar refractivity (Wildman–Crippen MR) is 111 cm³/mol. The molecular formula is C24H26O4. The van der Waals surface area contributed by atoms with Gasteiger partial charge in [-0.3, -0.25) is 0 Å². The monoisotopic (exact) mass is 378 g/mol. The molecule has 0 aliphatic carbocycles. The second-order valence-corrected chi connectivity index (χ2v) is 7.40. The van der Waals surface area contributed by atoms with Crippen LogP contribution in [0.3, 0.4) is 0 Å². The molecule has 0 aliphatic rings. The summed E-state index contributed by atoms with van der Waals surface area (Å²) in [6, 6.07) is 12.8. The highest BCUT2D eigenvalue weighted by Crippen LogP contribution is 2.44. The molecule has 0 radical (unpaired) electrons. The van der Waals surface area contributed by atoms with Crippen LogP contribution in [0.15, 0.2) is 42.5 Å². The maximum Gasteiger partial charge on any atom is 0.160 e. The van der Waals surface area contributed by atoms with Crippen LogP contribution in [0.1, 0.15) is 44.9 Å². The summed E-state index contributed by atoms with van der Waals surface area (Å²) in [5.74, 6) is 0.351. The summed E-state index contributed by atoms with van der Waals surface area (Å²) in [5.41, 5.74) is 5.78. The van der Waals surface area contributed by atoms with Gasteiger partial charge in [0.15, 0.2) is 11.5 Å². The molecule has 4 heteroatoms. The Morgan fingerprint density at radius 2 is 1.21 bits per heavy atom. The topological polar surface area (TPSA) is 69.9 Å². The molecule has 0 saturated carbocycles. The van der Waals surface area contributed by atoms with E-state index >= 15 is 0 Å². The Morgan fingerprint density at radius 1 is 0.714 bits per heavy atom. The summed E-state index contributed by atoms with van der Waals surface area (Å²) in [6.45, 7) is 7.68. The molecule has 0 bridgehead atoms. The number of phenolic OH excluding ortho intramolecular Hbond substituents is 3. The van der Waals surface area contributed by atoms with Crippen molar-refractivity contribution in [1.29, 1.82) is 0 Å². The lowest BCUT2D eigenvalue weighted by molar-refractivity contribution is 0.373. The van der Waals surface area contributed by atoms with Crippen LogP contribution in [0.5, 0.6) is 23.0 Å². The minimum atomic E-state index is -0.424. The number of aryl methyl sites for hydroxylation is 4. The second-order valence-electron chi connectivity index (χ2n) is 7.40. The van der Waals surface area contributed by atoms with E-state index in [0.717, 1.165) is 27.8 Å². The quantitative estimate of drug-likeness (QED) is 0.544. The van der Waals surface area contributed by atoms with Gasteiger partial charge < -0.3 is 20.1 Å². The number of phenols is 3. The number of benzene rings is 3. The van der Waals surface area contributed by atoms with Crippen LogP contribution in [0.2, 0.25) is 0 Å². The lowest BCUT2D eigenvalue weighted by atomic mass is 9.81. The first kappa shape index (κ1) is 19.6. The Bertz CT molecular complexity index is 980. The fourth-order valence-electron chi connectivity index (χ4n) is 3.83. The van der Waals surface area contributed by atoms with E-state index in [2.05, 4.69) is 0 Å². The van der Waals surface area contributed by atoms with E-state index in [1.54, 1.807) is 18.2 Å². The zero-order chi connectivity index (χ0) is 20.6. The molecule has 0 aromatic heterocycles. The summed E-state index contributed by atoms with van der Waals surface area (Å²) in [6.07, 6.45) is 0. The van der Waals surface area contributed by atoms with Gasteiger partial charge in [0.05, 0.1) is 7.11 Å². The van der Waals surface area contributed by atoms with Gasteiger partial charge in [0.1, 0.15) is 11.5 Å². The van der Waals surface area contributed by atoms with Gasteiger partial charge in [0.2, 0.25) is 0 Å². The van der Waals surface area contributed by atoms with E-state index in [0.29, 0.717) is 16.9 Å². The van der Waals surface area contributed by atoms with Gasteiger partial charge in [-0.1, -0.05) is 41.5 Å². The van der Waals surface area contributed by atoms with Crippen LogP contribution < -0.4 is 4.74 Å². The average Bonchev–Trinajstić information content (AvgIpc) is 2.64. The van der Waals surface area contributed by atoms with Gasteiger partial charge in [0.25, 0.3) is 0 Å². The summed E-state index contributed by atoms with van der Waals surface area (Å²) >= 11 is 0.